The van der Waals surface area contributed by atoms with Crippen LogP contribution in [0.15, 0.2) is 20.6 Å². The minimum absolute atomic E-state index is 0.0238. The molecule has 0 spiro atoms. The van der Waals surface area contributed by atoms with E-state index in [0.717, 1.165) is 0 Å². The lowest BCUT2D eigenvalue weighted by atomic mass is 10.2. The molecule has 0 aromatic heterocycles. The summed E-state index contributed by atoms with van der Waals surface area (Å²) in [4.78, 5) is 24.0. The van der Waals surface area contributed by atoms with E-state index >= 15 is 0 Å². The van der Waals surface area contributed by atoms with Crippen LogP contribution in [-0.2, 0) is 14.3 Å². The van der Waals surface area contributed by atoms with E-state index in [9.17, 15) is 9.59 Å². The molecule has 0 unspecified atom stereocenters. The third-order valence-corrected chi connectivity index (χ3v) is 3.93. The van der Waals surface area contributed by atoms with Gasteiger partial charge in [0.05, 0.1) is 10.3 Å². The average Bonchev–Trinajstić information content (AvgIpc) is 2.68. The minimum Gasteiger partial charge on any atom is -0.459 e. The zero-order valence-corrected chi connectivity index (χ0v) is 12.5. The van der Waals surface area contributed by atoms with Crippen LogP contribution in [0.2, 0.25) is 0 Å². The number of rotatable bonds is 4. The lowest BCUT2D eigenvalue weighted by Gasteiger charge is -2.14. The van der Waals surface area contributed by atoms with Gasteiger partial charge in [-0.2, -0.15) is 0 Å². The molecule has 0 fully saturated rings. The van der Waals surface area contributed by atoms with Gasteiger partial charge in [-0.1, -0.05) is 23.5 Å². The molecule has 1 N–H and O–H groups in total. The first-order valence-corrected chi connectivity index (χ1v) is 7.42. The average molecular weight is 287 g/mol. The van der Waals surface area contributed by atoms with Crippen molar-refractivity contribution in [3.05, 3.63) is 20.6 Å². The van der Waals surface area contributed by atoms with Gasteiger partial charge in [0.1, 0.15) is 5.57 Å². The molecule has 1 rings (SSSR count). The molecule has 0 aromatic rings. The molecule has 100 valence electrons. The van der Waals surface area contributed by atoms with Gasteiger partial charge in [-0.15, -0.1) is 0 Å². The number of amides is 1. The monoisotopic (exact) mass is 287 g/mol. The summed E-state index contributed by atoms with van der Waals surface area (Å²) in [6.07, 6.45) is -0.246. The molecular weight excluding hydrogens is 270 g/mol. The van der Waals surface area contributed by atoms with Gasteiger partial charge >= 0.3 is 5.97 Å². The number of nitrogens with one attached hydrogen (secondary N) is 1. The summed E-state index contributed by atoms with van der Waals surface area (Å²) in [7, 11) is 0. The van der Waals surface area contributed by atoms with Gasteiger partial charge in [0.2, 0.25) is 0 Å². The molecule has 1 aliphatic rings. The van der Waals surface area contributed by atoms with E-state index in [0.29, 0.717) is 4.24 Å². The van der Waals surface area contributed by atoms with Gasteiger partial charge in [-0.25, -0.2) is 4.79 Å². The minimum atomic E-state index is -0.568. The summed E-state index contributed by atoms with van der Waals surface area (Å²) < 4.78 is 5.78. The smallest absolute Gasteiger partial charge is 0.345 e. The molecule has 18 heavy (non-hydrogen) atoms. The summed E-state index contributed by atoms with van der Waals surface area (Å²) in [6.45, 7) is 7.21. The van der Waals surface area contributed by atoms with Crippen LogP contribution in [-0.4, -0.2) is 24.0 Å². The number of carbonyl (C=O) groups excluding carboxylic acids is 2. The van der Waals surface area contributed by atoms with Crippen molar-refractivity contribution in [1.29, 1.82) is 0 Å². The second-order valence-electron chi connectivity index (χ2n) is 4.25. The second-order valence-corrected chi connectivity index (χ2v) is 6.34. The van der Waals surface area contributed by atoms with E-state index in [1.54, 1.807) is 13.8 Å². The molecule has 1 aliphatic heterocycles. The van der Waals surface area contributed by atoms with Crippen LogP contribution in [0.5, 0.6) is 0 Å². The van der Waals surface area contributed by atoms with E-state index < -0.39 is 5.97 Å². The number of hydrogen-bond donors (Lipinski definition) is 1. The molecule has 1 amide bonds. The van der Waals surface area contributed by atoms with E-state index in [-0.39, 0.29) is 23.6 Å². The highest BCUT2D eigenvalue weighted by atomic mass is 32.2. The summed E-state index contributed by atoms with van der Waals surface area (Å²) in [5.41, 5.74) is 0.0948. The van der Waals surface area contributed by atoms with Gasteiger partial charge in [0, 0.05) is 6.04 Å². The van der Waals surface area contributed by atoms with Crippen molar-refractivity contribution in [1.82, 2.24) is 5.32 Å². The Morgan fingerprint density at radius 3 is 2.17 bits per heavy atom. The Kier molecular flexibility index (Phi) is 5.81. The van der Waals surface area contributed by atoms with Crippen LogP contribution in [0.4, 0.5) is 0 Å². The van der Waals surface area contributed by atoms with Gasteiger partial charge in [-0.05, 0) is 38.5 Å². The highest BCUT2D eigenvalue weighted by molar-refractivity contribution is 8.27. The summed E-state index contributed by atoms with van der Waals surface area (Å²) in [5.74, 6) is -0.948. The molecule has 0 bridgehead atoms. The SMILES string of the molecule is CC(C)NC(=O)C(C(=O)OC(C)C)=C1SC=CS1. The largest absolute Gasteiger partial charge is 0.459 e. The third-order valence-electron chi connectivity index (χ3n) is 1.80. The standard InChI is InChI=1S/C12H17NO3S2/c1-7(2)13-10(14)9(11(15)16-8(3)4)12-17-5-6-18-12/h5-8H,1-4H3,(H,13,14). The van der Waals surface area contributed by atoms with E-state index in [1.165, 1.54) is 23.5 Å². The van der Waals surface area contributed by atoms with Crippen molar-refractivity contribution in [2.75, 3.05) is 0 Å². The molecule has 0 aliphatic carbocycles. The lowest BCUT2D eigenvalue weighted by molar-refractivity contribution is -0.144. The van der Waals surface area contributed by atoms with E-state index in [1.807, 2.05) is 24.7 Å². The quantitative estimate of drug-likeness (QED) is 0.373. The highest BCUT2D eigenvalue weighted by Gasteiger charge is 2.27. The fourth-order valence-corrected chi connectivity index (χ4v) is 3.04. The molecular formula is C12H17NO3S2. The van der Waals surface area contributed by atoms with E-state index in [2.05, 4.69) is 5.32 Å². The molecule has 4 nitrogen and oxygen atoms in total. The van der Waals surface area contributed by atoms with Gasteiger partial charge in [0.25, 0.3) is 5.91 Å². The van der Waals surface area contributed by atoms with Crippen LogP contribution >= 0.6 is 23.5 Å². The van der Waals surface area contributed by atoms with Crippen LogP contribution in [0.3, 0.4) is 0 Å². The fourth-order valence-electron chi connectivity index (χ4n) is 1.20. The lowest BCUT2D eigenvalue weighted by Crippen LogP contribution is -2.35. The second kappa shape index (κ2) is 6.89. The Morgan fingerprint density at radius 2 is 1.72 bits per heavy atom. The first-order chi connectivity index (χ1) is 8.41. The zero-order valence-electron chi connectivity index (χ0n) is 10.9. The van der Waals surface area contributed by atoms with Gasteiger partial charge in [0.15, 0.2) is 0 Å². The Bertz CT molecular complexity index is 366. The van der Waals surface area contributed by atoms with Gasteiger partial charge < -0.3 is 10.1 Å². The van der Waals surface area contributed by atoms with Gasteiger partial charge in [-0.3, -0.25) is 4.79 Å². The van der Waals surface area contributed by atoms with Crippen LogP contribution in [0, 0.1) is 0 Å². The summed E-state index contributed by atoms with van der Waals surface area (Å²) >= 11 is 2.72. The van der Waals surface area contributed by atoms with E-state index in [4.69, 9.17) is 4.74 Å². The van der Waals surface area contributed by atoms with Crippen LogP contribution < -0.4 is 5.32 Å². The number of carbonyl (C=O) groups is 2. The number of thioether (sulfide) groups is 2. The maximum atomic E-state index is 12.0. The number of esters is 1. The molecule has 6 heteroatoms. The third kappa shape index (κ3) is 4.42. The predicted molar refractivity (Wildman–Crippen MR) is 75.9 cm³/mol. The molecule has 1 heterocycles. The Balaban J connectivity index is 2.93. The molecule has 0 atom stereocenters. The van der Waals surface area contributed by atoms with Crippen molar-refractivity contribution >= 4 is 35.4 Å². The highest BCUT2D eigenvalue weighted by Crippen LogP contribution is 2.40. The Labute approximate surface area is 116 Å². The molecule has 0 saturated heterocycles. The maximum absolute atomic E-state index is 12.0. The Morgan fingerprint density at radius 1 is 1.17 bits per heavy atom. The van der Waals surface area contributed by atoms with Crippen molar-refractivity contribution in [2.24, 2.45) is 0 Å². The van der Waals surface area contributed by atoms with Crippen LogP contribution in [0.1, 0.15) is 27.7 Å². The Hall–Kier alpha value is -0.880. The maximum Gasteiger partial charge on any atom is 0.345 e. The predicted octanol–water partition coefficient (Wildman–Crippen LogP) is 2.63. The van der Waals surface area contributed by atoms with Crippen molar-refractivity contribution in [3.63, 3.8) is 0 Å². The zero-order chi connectivity index (χ0) is 13.7. The summed E-state index contributed by atoms with van der Waals surface area (Å²) in [5, 5.41) is 6.40. The van der Waals surface area contributed by atoms with Crippen molar-refractivity contribution in [2.45, 2.75) is 39.8 Å². The first kappa shape index (κ1) is 15.2. The van der Waals surface area contributed by atoms with Crippen LogP contribution in [0.25, 0.3) is 0 Å². The first-order valence-electron chi connectivity index (χ1n) is 5.66. The fraction of sp³-hybridized carbons (Fsp3) is 0.500. The number of ether oxygens (including phenoxy) is 1. The summed E-state index contributed by atoms with van der Waals surface area (Å²) in [6, 6.07) is -0.0238. The normalized spacial score (nSPS) is 14.2. The number of hydrogen-bond acceptors (Lipinski definition) is 5. The van der Waals surface area contributed by atoms with Crippen molar-refractivity contribution in [3.8, 4) is 0 Å². The molecule has 0 saturated carbocycles. The molecule has 0 radical (unpaired) electrons. The topological polar surface area (TPSA) is 55.4 Å². The van der Waals surface area contributed by atoms with Crippen molar-refractivity contribution < 1.29 is 14.3 Å². The molecule has 0 aromatic carbocycles.